The number of amides is 1. The van der Waals surface area contributed by atoms with Crippen molar-refractivity contribution in [1.29, 1.82) is 0 Å². The van der Waals surface area contributed by atoms with E-state index in [2.05, 4.69) is 0 Å². The molecule has 0 saturated carbocycles. The minimum Gasteiger partial charge on any atom is -0.337 e. The Kier molecular flexibility index (Phi) is 1.58. The highest BCUT2D eigenvalue weighted by Gasteiger charge is 2.34. The Balaban J connectivity index is 2.06. The molecule has 2 heterocycles. The summed E-state index contributed by atoms with van der Waals surface area (Å²) in [6, 6.07) is 0.404. The van der Waals surface area contributed by atoms with E-state index >= 15 is 0 Å². The zero-order chi connectivity index (χ0) is 7.84. The first-order valence-electron chi connectivity index (χ1n) is 4.06. The molecule has 2 fully saturated rings. The van der Waals surface area contributed by atoms with Gasteiger partial charge >= 0.3 is 0 Å². The normalized spacial score (nSPS) is 32.6. The minimum atomic E-state index is 0.308. The van der Waals surface area contributed by atoms with E-state index in [-0.39, 0.29) is 0 Å². The number of nitrogens with zero attached hydrogens (tertiary/aromatic N) is 2. The third kappa shape index (κ3) is 1.12. The van der Waals surface area contributed by atoms with E-state index in [4.69, 9.17) is 5.84 Å². The number of hydrogen-bond acceptors (Lipinski definition) is 3. The molecule has 2 N–H and O–H groups in total. The molecule has 0 bridgehead atoms. The summed E-state index contributed by atoms with van der Waals surface area (Å²) >= 11 is 0. The van der Waals surface area contributed by atoms with Crippen molar-refractivity contribution in [3.05, 3.63) is 0 Å². The maximum absolute atomic E-state index is 11.2. The number of hydrogen-bond donors (Lipinski definition) is 1. The second-order valence-corrected chi connectivity index (χ2v) is 3.27. The molecule has 0 aliphatic carbocycles. The molecule has 0 radical (unpaired) electrons. The van der Waals surface area contributed by atoms with Crippen LogP contribution < -0.4 is 5.84 Å². The van der Waals surface area contributed by atoms with Gasteiger partial charge in [0.15, 0.2) is 0 Å². The summed E-state index contributed by atoms with van der Waals surface area (Å²) in [7, 11) is 0. The van der Waals surface area contributed by atoms with Gasteiger partial charge in [-0.3, -0.25) is 10.6 Å². The number of nitrogens with two attached hydrogens (primary N) is 1. The SMILES string of the molecule is NN1CCN2C(=O)CCC2C1. The Labute approximate surface area is 65.9 Å². The summed E-state index contributed by atoms with van der Waals surface area (Å²) in [6.07, 6.45) is 1.71. The van der Waals surface area contributed by atoms with Gasteiger partial charge in [-0.1, -0.05) is 0 Å². The van der Waals surface area contributed by atoms with Crippen molar-refractivity contribution in [3.63, 3.8) is 0 Å². The molecule has 62 valence electrons. The van der Waals surface area contributed by atoms with E-state index in [0.717, 1.165) is 32.5 Å². The maximum atomic E-state index is 11.2. The van der Waals surface area contributed by atoms with E-state index < -0.39 is 0 Å². The van der Waals surface area contributed by atoms with Gasteiger partial charge < -0.3 is 4.90 Å². The molecule has 11 heavy (non-hydrogen) atoms. The lowest BCUT2D eigenvalue weighted by Crippen LogP contribution is -2.53. The van der Waals surface area contributed by atoms with Gasteiger partial charge in [-0.2, -0.15) is 0 Å². The van der Waals surface area contributed by atoms with Gasteiger partial charge in [-0.25, -0.2) is 5.01 Å². The average Bonchev–Trinajstić information content (AvgIpc) is 2.32. The van der Waals surface area contributed by atoms with Gasteiger partial charge in [-0.15, -0.1) is 0 Å². The molecule has 2 aliphatic rings. The molecule has 1 amide bonds. The average molecular weight is 155 g/mol. The summed E-state index contributed by atoms with van der Waals surface area (Å²) in [6.45, 7) is 2.49. The van der Waals surface area contributed by atoms with Crippen LogP contribution in [-0.4, -0.2) is 41.5 Å². The van der Waals surface area contributed by atoms with Crippen LogP contribution in [0.5, 0.6) is 0 Å². The second kappa shape index (κ2) is 2.46. The Hall–Kier alpha value is -0.610. The van der Waals surface area contributed by atoms with Crippen molar-refractivity contribution in [2.24, 2.45) is 5.84 Å². The van der Waals surface area contributed by atoms with Crippen LogP contribution in [0.2, 0.25) is 0 Å². The molecule has 0 aromatic carbocycles. The van der Waals surface area contributed by atoms with Crippen molar-refractivity contribution in [2.45, 2.75) is 18.9 Å². The molecule has 1 unspecified atom stereocenters. The molecule has 0 spiro atoms. The molecule has 0 aromatic heterocycles. The highest BCUT2D eigenvalue weighted by molar-refractivity contribution is 5.78. The highest BCUT2D eigenvalue weighted by atomic mass is 16.2. The lowest BCUT2D eigenvalue weighted by Gasteiger charge is -2.34. The molecule has 2 saturated heterocycles. The van der Waals surface area contributed by atoms with Gasteiger partial charge in [0.25, 0.3) is 0 Å². The first-order chi connectivity index (χ1) is 5.27. The molecule has 2 rings (SSSR count). The van der Waals surface area contributed by atoms with Crippen molar-refractivity contribution in [2.75, 3.05) is 19.6 Å². The third-order valence-electron chi connectivity index (χ3n) is 2.53. The van der Waals surface area contributed by atoms with Crippen molar-refractivity contribution >= 4 is 5.91 Å². The summed E-state index contributed by atoms with van der Waals surface area (Å²) in [4.78, 5) is 13.1. The van der Waals surface area contributed by atoms with Crippen LogP contribution in [0.1, 0.15) is 12.8 Å². The molecular weight excluding hydrogens is 142 g/mol. The topological polar surface area (TPSA) is 49.6 Å². The monoisotopic (exact) mass is 155 g/mol. The number of rotatable bonds is 0. The van der Waals surface area contributed by atoms with Crippen molar-refractivity contribution in [1.82, 2.24) is 9.91 Å². The Morgan fingerprint density at radius 1 is 1.45 bits per heavy atom. The lowest BCUT2D eigenvalue weighted by molar-refractivity contribution is -0.130. The maximum Gasteiger partial charge on any atom is 0.222 e. The van der Waals surface area contributed by atoms with Crippen LogP contribution in [0.15, 0.2) is 0 Å². The fraction of sp³-hybridized carbons (Fsp3) is 0.857. The predicted octanol–water partition coefficient (Wildman–Crippen LogP) is -0.833. The van der Waals surface area contributed by atoms with Crippen LogP contribution in [0, 0.1) is 0 Å². The number of fused-ring (bicyclic) bond motifs is 1. The molecule has 0 aromatic rings. The van der Waals surface area contributed by atoms with Crippen molar-refractivity contribution < 1.29 is 4.79 Å². The molecule has 2 aliphatic heterocycles. The fourth-order valence-corrected chi connectivity index (χ4v) is 1.89. The summed E-state index contributed by atoms with van der Waals surface area (Å²) in [5.41, 5.74) is 0. The minimum absolute atomic E-state index is 0.308. The van der Waals surface area contributed by atoms with Crippen LogP contribution in [-0.2, 0) is 4.79 Å². The number of piperazine rings is 1. The summed E-state index contributed by atoms with van der Waals surface area (Å²) < 4.78 is 0. The van der Waals surface area contributed by atoms with Gasteiger partial charge in [-0.05, 0) is 6.42 Å². The molecular formula is C7H13N3O. The largest absolute Gasteiger partial charge is 0.337 e. The van der Waals surface area contributed by atoms with Gasteiger partial charge in [0.05, 0.1) is 0 Å². The second-order valence-electron chi connectivity index (χ2n) is 3.27. The predicted molar refractivity (Wildman–Crippen MR) is 40.5 cm³/mol. The zero-order valence-corrected chi connectivity index (χ0v) is 6.49. The number of carbonyl (C=O) groups excluding carboxylic acids is 1. The Bertz CT molecular complexity index is 183. The van der Waals surface area contributed by atoms with Gasteiger partial charge in [0.1, 0.15) is 0 Å². The van der Waals surface area contributed by atoms with E-state index in [1.807, 2.05) is 4.90 Å². The summed E-state index contributed by atoms with van der Waals surface area (Å²) in [5, 5.41) is 1.81. The number of hydrazine groups is 1. The quantitative estimate of drug-likeness (QED) is 0.464. The lowest BCUT2D eigenvalue weighted by atomic mass is 10.2. The summed E-state index contributed by atoms with van der Waals surface area (Å²) in [5.74, 6) is 5.94. The first kappa shape index (κ1) is 7.06. The zero-order valence-electron chi connectivity index (χ0n) is 6.49. The smallest absolute Gasteiger partial charge is 0.222 e. The fourth-order valence-electron chi connectivity index (χ4n) is 1.89. The number of carbonyl (C=O) groups is 1. The van der Waals surface area contributed by atoms with Crippen molar-refractivity contribution in [3.8, 4) is 0 Å². The van der Waals surface area contributed by atoms with Gasteiger partial charge in [0, 0.05) is 32.1 Å². The van der Waals surface area contributed by atoms with E-state index in [0.29, 0.717) is 11.9 Å². The third-order valence-corrected chi connectivity index (χ3v) is 2.53. The van der Waals surface area contributed by atoms with E-state index in [1.54, 1.807) is 5.01 Å². The molecule has 1 atom stereocenters. The van der Waals surface area contributed by atoms with Gasteiger partial charge in [0.2, 0.25) is 5.91 Å². The van der Waals surface area contributed by atoms with Crippen LogP contribution in [0.25, 0.3) is 0 Å². The Morgan fingerprint density at radius 3 is 3.09 bits per heavy atom. The van der Waals surface area contributed by atoms with Crippen LogP contribution in [0.4, 0.5) is 0 Å². The van der Waals surface area contributed by atoms with E-state index in [9.17, 15) is 4.79 Å². The highest BCUT2D eigenvalue weighted by Crippen LogP contribution is 2.21. The van der Waals surface area contributed by atoms with Crippen LogP contribution in [0.3, 0.4) is 0 Å². The molecule has 4 heteroatoms. The van der Waals surface area contributed by atoms with E-state index in [1.165, 1.54) is 0 Å². The first-order valence-corrected chi connectivity index (χ1v) is 4.06. The Morgan fingerprint density at radius 2 is 2.27 bits per heavy atom. The van der Waals surface area contributed by atoms with Crippen LogP contribution >= 0.6 is 0 Å². The standard InChI is InChI=1S/C7H13N3O/c8-9-3-4-10-6(5-9)1-2-7(10)11/h6H,1-5,8H2. The molecule has 4 nitrogen and oxygen atoms in total.